The zero-order chi connectivity index (χ0) is 10.7. The van der Waals surface area contributed by atoms with Crippen molar-refractivity contribution in [2.75, 3.05) is 5.32 Å². The summed E-state index contributed by atoms with van der Waals surface area (Å²) in [7, 11) is 0. The predicted octanol–water partition coefficient (Wildman–Crippen LogP) is 1.47. The van der Waals surface area contributed by atoms with Crippen molar-refractivity contribution in [1.82, 2.24) is 9.97 Å². The molecule has 15 heavy (non-hydrogen) atoms. The van der Waals surface area contributed by atoms with Crippen LogP contribution < -0.4 is 11.1 Å². The number of nitrogens with two attached hydrogens (primary N) is 1. The van der Waals surface area contributed by atoms with Gasteiger partial charge in [0.1, 0.15) is 12.1 Å². The van der Waals surface area contributed by atoms with Gasteiger partial charge in [0.2, 0.25) is 0 Å². The van der Waals surface area contributed by atoms with Crippen LogP contribution in [0.5, 0.6) is 0 Å². The van der Waals surface area contributed by atoms with Gasteiger partial charge in [-0.25, -0.2) is 9.97 Å². The summed E-state index contributed by atoms with van der Waals surface area (Å²) in [5.41, 5.74) is 6.86. The standard InChI is InChI=1S/C11H18N4/c1-8-6-11(14-7-13-8)15-10-4-2-9(12)3-5-10/h6-7,9-10H,2-5,12H2,1H3,(H,13,14,15). The van der Waals surface area contributed by atoms with Crippen molar-refractivity contribution in [1.29, 1.82) is 0 Å². The molecule has 4 nitrogen and oxygen atoms in total. The van der Waals surface area contributed by atoms with Crippen molar-refractivity contribution in [3.05, 3.63) is 18.1 Å². The van der Waals surface area contributed by atoms with Crippen LogP contribution >= 0.6 is 0 Å². The maximum Gasteiger partial charge on any atom is 0.129 e. The summed E-state index contributed by atoms with van der Waals surface area (Å²) in [6, 6.07) is 2.91. The van der Waals surface area contributed by atoms with E-state index in [9.17, 15) is 0 Å². The summed E-state index contributed by atoms with van der Waals surface area (Å²) in [6.07, 6.45) is 6.12. The summed E-state index contributed by atoms with van der Waals surface area (Å²) in [5, 5.41) is 3.44. The van der Waals surface area contributed by atoms with Crippen molar-refractivity contribution in [2.24, 2.45) is 5.73 Å². The fraction of sp³-hybridized carbons (Fsp3) is 0.636. The Hall–Kier alpha value is -1.16. The Kier molecular flexibility index (Phi) is 3.16. The van der Waals surface area contributed by atoms with E-state index >= 15 is 0 Å². The molecule has 1 aromatic rings. The maximum atomic E-state index is 5.86. The lowest BCUT2D eigenvalue weighted by Gasteiger charge is -2.27. The van der Waals surface area contributed by atoms with Crippen molar-refractivity contribution >= 4 is 5.82 Å². The Bertz CT molecular complexity index is 318. The lowest BCUT2D eigenvalue weighted by Crippen LogP contribution is -2.33. The minimum atomic E-state index is 0.398. The van der Waals surface area contributed by atoms with Gasteiger partial charge in [-0.2, -0.15) is 0 Å². The SMILES string of the molecule is Cc1cc(NC2CCC(N)CC2)ncn1. The van der Waals surface area contributed by atoms with Gasteiger partial charge in [0.15, 0.2) is 0 Å². The average molecular weight is 206 g/mol. The lowest BCUT2D eigenvalue weighted by molar-refractivity contribution is 0.410. The van der Waals surface area contributed by atoms with E-state index in [1.54, 1.807) is 6.33 Å². The fourth-order valence-electron chi connectivity index (χ4n) is 2.01. The molecule has 0 aliphatic heterocycles. The molecule has 1 heterocycles. The first-order chi connectivity index (χ1) is 7.24. The van der Waals surface area contributed by atoms with Crippen molar-refractivity contribution in [2.45, 2.75) is 44.7 Å². The van der Waals surface area contributed by atoms with Gasteiger partial charge in [-0.3, -0.25) is 0 Å². The molecule has 0 amide bonds. The Morgan fingerprint density at radius 3 is 2.67 bits per heavy atom. The second kappa shape index (κ2) is 4.57. The van der Waals surface area contributed by atoms with Crippen LogP contribution in [0.1, 0.15) is 31.4 Å². The van der Waals surface area contributed by atoms with Crippen molar-refractivity contribution in [3.63, 3.8) is 0 Å². The summed E-state index contributed by atoms with van der Waals surface area (Å²) in [6.45, 7) is 1.98. The zero-order valence-electron chi connectivity index (χ0n) is 9.11. The van der Waals surface area contributed by atoms with Gasteiger partial charge in [0, 0.05) is 23.8 Å². The Balaban J connectivity index is 1.92. The smallest absolute Gasteiger partial charge is 0.129 e. The number of aromatic nitrogens is 2. The fourth-order valence-corrected chi connectivity index (χ4v) is 2.01. The number of nitrogens with zero attached hydrogens (tertiary/aromatic N) is 2. The van der Waals surface area contributed by atoms with Crippen LogP contribution in [0.2, 0.25) is 0 Å². The van der Waals surface area contributed by atoms with Crippen LogP contribution in [-0.2, 0) is 0 Å². The molecule has 0 aromatic carbocycles. The molecular weight excluding hydrogens is 188 g/mol. The van der Waals surface area contributed by atoms with E-state index in [2.05, 4.69) is 15.3 Å². The van der Waals surface area contributed by atoms with Crippen LogP contribution in [0, 0.1) is 6.92 Å². The first-order valence-electron chi connectivity index (χ1n) is 5.55. The molecule has 1 fully saturated rings. The Morgan fingerprint density at radius 1 is 1.27 bits per heavy atom. The molecule has 1 aromatic heterocycles. The third-order valence-corrected chi connectivity index (χ3v) is 2.93. The monoisotopic (exact) mass is 206 g/mol. The highest BCUT2D eigenvalue weighted by molar-refractivity contribution is 5.35. The third-order valence-electron chi connectivity index (χ3n) is 2.93. The van der Waals surface area contributed by atoms with Crippen LogP contribution in [0.25, 0.3) is 0 Å². The molecule has 1 aliphatic carbocycles. The molecule has 82 valence electrons. The molecule has 0 atom stereocenters. The van der Waals surface area contributed by atoms with E-state index < -0.39 is 0 Å². The minimum absolute atomic E-state index is 0.398. The minimum Gasteiger partial charge on any atom is -0.367 e. The van der Waals surface area contributed by atoms with Gasteiger partial charge in [-0.15, -0.1) is 0 Å². The topological polar surface area (TPSA) is 63.8 Å². The molecule has 1 aliphatic rings. The molecule has 3 N–H and O–H groups in total. The quantitative estimate of drug-likeness (QED) is 0.769. The van der Waals surface area contributed by atoms with Crippen LogP contribution in [0.4, 0.5) is 5.82 Å². The summed E-state index contributed by atoms with van der Waals surface area (Å²) < 4.78 is 0. The molecule has 0 saturated heterocycles. The van der Waals surface area contributed by atoms with Gasteiger partial charge < -0.3 is 11.1 Å². The molecule has 1 saturated carbocycles. The van der Waals surface area contributed by atoms with E-state index in [4.69, 9.17) is 5.73 Å². The molecule has 0 radical (unpaired) electrons. The highest BCUT2D eigenvalue weighted by atomic mass is 15.0. The first kappa shape index (κ1) is 10.4. The Morgan fingerprint density at radius 2 is 2.00 bits per heavy atom. The summed E-state index contributed by atoms with van der Waals surface area (Å²) in [5.74, 6) is 0.933. The van der Waals surface area contributed by atoms with Gasteiger partial charge in [-0.05, 0) is 32.6 Å². The number of hydrogen-bond acceptors (Lipinski definition) is 4. The largest absolute Gasteiger partial charge is 0.367 e. The number of anilines is 1. The van der Waals surface area contributed by atoms with E-state index in [0.717, 1.165) is 37.2 Å². The predicted molar refractivity (Wildman–Crippen MR) is 60.6 cm³/mol. The number of hydrogen-bond donors (Lipinski definition) is 2. The van der Waals surface area contributed by atoms with Crippen LogP contribution in [0.3, 0.4) is 0 Å². The van der Waals surface area contributed by atoms with E-state index in [1.807, 2.05) is 13.0 Å². The zero-order valence-corrected chi connectivity index (χ0v) is 9.11. The average Bonchev–Trinajstić information content (AvgIpc) is 2.22. The molecule has 0 spiro atoms. The number of rotatable bonds is 2. The molecular formula is C11H18N4. The lowest BCUT2D eigenvalue weighted by atomic mass is 9.92. The van der Waals surface area contributed by atoms with Crippen LogP contribution in [0.15, 0.2) is 12.4 Å². The van der Waals surface area contributed by atoms with E-state index in [-0.39, 0.29) is 0 Å². The number of aryl methyl sites for hydroxylation is 1. The molecule has 0 bridgehead atoms. The Labute approximate surface area is 90.3 Å². The van der Waals surface area contributed by atoms with Crippen molar-refractivity contribution < 1.29 is 0 Å². The maximum absolute atomic E-state index is 5.86. The second-order valence-corrected chi connectivity index (χ2v) is 4.30. The van der Waals surface area contributed by atoms with Gasteiger partial charge in [0.05, 0.1) is 0 Å². The second-order valence-electron chi connectivity index (χ2n) is 4.30. The van der Waals surface area contributed by atoms with Crippen LogP contribution in [-0.4, -0.2) is 22.1 Å². The van der Waals surface area contributed by atoms with Gasteiger partial charge in [0.25, 0.3) is 0 Å². The molecule has 0 unspecified atom stereocenters. The van der Waals surface area contributed by atoms with E-state index in [1.165, 1.54) is 0 Å². The van der Waals surface area contributed by atoms with E-state index in [0.29, 0.717) is 12.1 Å². The molecule has 4 heteroatoms. The first-order valence-corrected chi connectivity index (χ1v) is 5.55. The summed E-state index contributed by atoms with van der Waals surface area (Å²) >= 11 is 0. The normalized spacial score (nSPS) is 26.3. The number of nitrogens with one attached hydrogen (secondary N) is 1. The van der Waals surface area contributed by atoms with Gasteiger partial charge in [-0.1, -0.05) is 0 Å². The van der Waals surface area contributed by atoms with Crippen molar-refractivity contribution in [3.8, 4) is 0 Å². The summed E-state index contributed by atoms with van der Waals surface area (Å²) in [4.78, 5) is 8.27. The molecule has 2 rings (SSSR count). The highest BCUT2D eigenvalue weighted by Gasteiger charge is 2.18. The highest BCUT2D eigenvalue weighted by Crippen LogP contribution is 2.20. The third kappa shape index (κ3) is 2.89. The van der Waals surface area contributed by atoms with Gasteiger partial charge >= 0.3 is 0 Å².